The third kappa shape index (κ3) is 2.75. The highest BCUT2D eigenvalue weighted by molar-refractivity contribution is 6.03. The van der Waals surface area contributed by atoms with Crippen LogP contribution in [0.2, 0.25) is 0 Å². The maximum absolute atomic E-state index is 13.7. The third-order valence-electron chi connectivity index (χ3n) is 4.48. The molecule has 6 heteroatoms. The van der Waals surface area contributed by atoms with Gasteiger partial charge in [-0.2, -0.15) is 0 Å². The Balaban J connectivity index is 1.85. The van der Waals surface area contributed by atoms with Crippen molar-refractivity contribution in [3.8, 4) is 11.3 Å². The van der Waals surface area contributed by atoms with Gasteiger partial charge in [-0.05, 0) is 30.7 Å². The number of anilines is 1. The van der Waals surface area contributed by atoms with Crippen LogP contribution in [0.25, 0.3) is 16.9 Å². The summed E-state index contributed by atoms with van der Waals surface area (Å²) in [7, 11) is 0. The minimum atomic E-state index is -0.343. The molecule has 0 spiro atoms. The zero-order valence-corrected chi connectivity index (χ0v) is 13.9. The van der Waals surface area contributed by atoms with E-state index in [1.54, 1.807) is 16.5 Å². The number of hydrogen-bond donors (Lipinski definition) is 2. The van der Waals surface area contributed by atoms with Gasteiger partial charge in [-0.3, -0.25) is 4.40 Å². The molecule has 1 unspecified atom stereocenters. The Labute approximate surface area is 149 Å². The number of allylic oxidation sites excluding steroid dienone is 4. The summed E-state index contributed by atoms with van der Waals surface area (Å²) in [5.74, 6) is -0.0404. The molecule has 5 nitrogen and oxygen atoms in total. The van der Waals surface area contributed by atoms with Gasteiger partial charge in [0, 0.05) is 23.2 Å². The highest BCUT2D eigenvalue weighted by Gasteiger charge is 2.19. The lowest BCUT2D eigenvalue weighted by Gasteiger charge is -2.15. The molecule has 3 aromatic rings. The zero-order chi connectivity index (χ0) is 18.1. The summed E-state index contributed by atoms with van der Waals surface area (Å²) in [6.45, 7) is 0. The maximum atomic E-state index is 13.7. The van der Waals surface area contributed by atoms with Crippen LogP contribution in [0.5, 0.6) is 0 Å². The number of aromatic nitrogens is 2. The van der Waals surface area contributed by atoms with Crippen molar-refractivity contribution in [3.63, 3.8) is 0 Å². The summed E-state index contributed by atoms with van der Waals surface area (Å²) in [4.78, 5) is 4.35. The van der Waals surface area contributed by atoms with Gasteiger partial charge in [0.25, 0.3) is 0 Å². The number of hydrogen-bond acceptors (Lipinski definition) is 4. The predicted molar refractivity (Wildman–Crippen MR) is 99.7 cm³/mol. The molecule has 1 aromatic carbocycles. The smallest absolute Gasteiger partial charge is 0.150 e. The van der Waals surface area contributed by atoms with E-state index in [4.69, 9.17) is 5.73 Å². The van der Waals surface area contributed by atoms with Gasteiger partial charge in [0.15, 0.2) is 5.82 Å². The van der Waals surface area contributed by atoms with Crippen LogP contribution in [-0.2, 0) is 0 Å². The fourth-order valence-electron chi connectivity index (χ4n) is 3.27. The number of halogens is 1. The molecule has 4 rings (SSSR count). The summed E-state index contributed by atoms with van der Waals surface area (Å²) in [6.07, 6.45) is 10.5. The van der Waals surface area contributed by atoms with E-state index in [9.17, 15) is 9.60 Å². The lowest BCUT2D eigenvalue weighted by atomic mass is 9.92. The SMILES string of the molecule is Nc1nc2ccc(/C(=N/O)C3C=CC=CC3)cn2c1-c1cccc(F)c1. The number of nitrogen functional groups attached to an aromatic ring is 1. The Morgan fingerprint density at radius 3 is 2.88 bits per heavy atom. The number of pyridine rings is 1. The van der Waals surface area contributed by atoms with E-state index in [1.165, 1.54) is 12.1 Å². The molecule has 1 aliphatic carbocycles. The summed E-state index contributed by atoms with van der Waals surface area (Å²) in [5, 5.41) is 13.1. The van der Waals surface area contributed by atoms with E-state index in [-0.39, 0.29) is 11.7 Å². The van der Waals surface area contributed by atoms with Crippen molar-refractivity contribution in [2.24, 2.45) is 11.1 Å². The van der Waals surface area contributed by atoms with Crippen LogP contribution in [0.3, 0.4) is 0 Å². The molecular formula is C20H17FN4O. The highest BCUT2D eigenvalue weighted by atomic mass is 19.1. The molecule has 0 fully saturated rings. The predicted octanol–water partition coefficient (Wildman–Crippen LogP) is 4.03. The zero-order valence-electron chi connectivity index (χ0n) is 13.9. The van der Waals surface area contributed by atoms with Gasteiger partial charge in [-0.15, -0.1) is 0 Å². The molecular weight excluding hydrogens is 331 g/mol. The minimum absolute atomic E-state index is 0.0130. The second kappa shape index (κ2) is 6.48. The van der Waals surface area contributed by atoms with Gasteiger partial charge in [-0.1, -0.05) is 41.6 Å². The van der Waals surface area contributed by atoms with Gasteiger partial charge < -0.3 is 10.9 Å². The molecule has 1 atom stereocenters. The van der Waals surface area contributed by atoms with E-state index in [2.05, 4.69) is 10.1 Å². The maximum Gasteiger partial charge on any atom is 0.150 e. The number of imidazole rings is 1. The fraction of sp³-hybridized carbons (Fsp3) is 0.100. The molecule has 0 bridgehead atoms. The molecule has 1 aliphatic rings. The number of benzene rings is 1. The Bertz CT molecular complexity index is 1060. The van der Waals surface area contributed by atoms with E-state index in [0.29, 0.717) is 28.4 Å². The van der Waals surface area contributed by atoms with Crippen LogP contribution >= 0.6 is 0 Å². The van der Waals surface area contributed by atoms with Crippen molar-refractivity contribution < 1.29 is 9.60 Å². The van der Waals surface area contributed by atoms with Crippen LogP contribution in [0.4, 0.5) is 10.2 Å². The van der Waals surface area contributed by atoms with Gasteiger partial charge in [0.1, 0.15) is 11.5 Å². The van der Waals surface area contributed by atoms with Crippen LogP contribution in [0.1, 0.15) is 12.0 Å². The van der Waals surface area contributed by atoms with Gasteiger partial charge in [0.2, 0.25) is 0 Å². The molecule has 3 N–H and O–H groups in total. The fourth-order valence-corrected chi connectivity index (χ4v) is 3.27. The van der Waals surface area contributed by atoms with E-state index < -0.39 is 0 Å². The molecule has 2 heterocycles. The number of nitrogens with two attached hydrogens (primary N) is 1. The summed E-state index contributed by atoms with van der Waals surface area (Å²) in [6, 6.07) is 9.87. The molecule has 0 radical (unpaired) electrons. The van der Waals surface area contributed by atoms with Crippen molar-refractivity contribution in [2.75, 3.05) is 5.73 Å². The number of oxime groups is 1. The van der Waals surface area contributed by atoms with Crippen LogP contribution in [-0.4, -0.2) is 20.3 Å². The Morgan fingerprint density at radius 1 is 1.27 bits per heavy atom. The van der Waals surface area contributed by atoms with Gasteiger partial charge in [-0.25, -0.2) is 9.37 Å². The second-order valence-electron chi connectivity index (χ2n) is 6.14. The molecule has 0 amide bonds. The van der Waals surface area contributed by atoms with Crippen LogP contribution < -0.4 is 5.73 Å². The largest absolute Gasteiger partial charge is 0.411 e. The molecule has 26 heavy (non-hydrogen) atoms. The topological polar surface area (TPSA) is 75.9 Å². The van der Waals surface area contributed by atoms with Crippen molar-refractivity contribution in [3.05, 3.63) is 78.3 Å². The first kappa shape index (κ1) is 16.1. The van der Waals surface area contributed by atoms with E-state index >= 15 is 0 Å². The van der Waals surface area contributed by atoms with Crippen LogP contribution in [0.15, 0.2) is 72.1 Å². The number of fused-ring (bicyclic) bond motifs is 1. The summed E-state index contributed by atoms with van der Waals surface area (Å²) < 4.78 is 15.5. The van der Waals surface area contributed by atoms with Crippen molar-refractivity contribution in [2.45, 2.75) is 6.42 Å². The molecule has 0 saturated heterocycles. The summed E-state index contributed by atoms with van der Waals surface area (Å²) >= 11 is 0. The first-order valence-electron chi connectivity index (χ1n) is 8.26. The quantitative estimate of drug-likeness (QED) is 0.426. The minimum Gasteiger partial charge on any atom is -0.411 e. The molecule has 0 saturated carbocycles. The van der Waals surface area contributed by atoms with Gasteiger partial charge in [0.05, 0.1) is 11.4 Å². The average Bonchev–Trinajstić information content (AvgIpc) is 2.98. The normalized spacial score (nSPS) is 17.1. The lowest BCUT2D eigenvalue weighted by Crippen LogP contribution is -2.15. The average molecular weight is 348 g/mol. The number of nitrogens with zero attached hydrogens (tertiary/aromatic N) is 3. The second-order valence-corrected chi connectivity index (χ2v) is 6.14. The van der Waals surface area contributed by atoms with Crippen LogP contribution in [0, 0.1) is 11.7 Å². The standard InChI is InChI=1S/C20H17FN4O/c21-16-8-4-7-14(11-16)19-20(22)23-17-10-9-15(12-25(17)19)18(24-26)13-5-2-1-3-6-13/h1-5,7-13,26H,6,22H2/b24-18+. The Morgan fingerprint density at radius 2 is 2.15 bits per heavy atom. The lowest BCUT2D eigenvalue weighted by molar-refractivity contribution is 0.316. The monoisotopic (exact) mass is 348 g/mol. The summed E-state index contributed by atoms with van der Waals surface area (Å²) in [5.41, 5.74) is 9.28. The Kier molecular flexibility index (Phi) is 4.01. The third-order valence-corrected chi connectivity index (χ3v) is 4.48. The van der Waals surface area contributed by atoms with Gasteiger partial charge >= 0.3 is 0 Å². The number of rotatable bonds is 3. The highest BCUT2D eigenvalue weighted by Crippen LogP contribution is 2.29. The van der Waals surface area contributed by atoms with Crippen molar-refractivity contribution in [1.82, 2.24) is 9.38 Å². The molecule has 130 valence electrons. The van der Waals surface area contributed by atoms with Crippen molar-refractivity contribution in [1.29, 1.82) is 0 Å². The first-order chi connectivity index (χ1) is 12.7. The molecule has 2 aromatic heterocycles. The van der Waals surface area contributed by atoms with E-state index in [1.807, 2.05) is 42.6 Å². The van der Waals surface area contributed by atoms with Crippen molar-refractivity contribution >= 4 is 17.2 Å². The Hall–Kier alpha value is -3.41. The van der Waals surface area contributed by atoms with E-state index in [0.717, 1.165) is 12.0 Å². The first-order valence-corrected chi connectivity index (χ1v) is 8.26. The molecule has 0 aliphatic heterocycles.